The van der Waals surface area contributed by atoms with E-state index in [4.69, 9.17) is 4.74 Å². The highest BCUT2D eigenvalue weighted by Gasteiger charge is 2.09. The monoisotopic (exact) mass is 290 g/mol. The Kier molecular flexibility index (Phi) is 7.82. The molecule has 0 unspecified atom stereocenters. The quantitative estimate of drug-likeness (QED) is 0.580. The van der Waals surface area contributed by atoms with Gasteiger partial charge in [0.15, 0.2) is 0 Å². The molecule has 0 atom stereocenters. The Bertz CT molecular complexity index is 472. The van der Waals surface area contributed by atoms with Crippen molar-refractivity contribution in [3.63, 3.8) is 0 Å². The Morgan fingerprint density at radius 2 is 2.00 bits per heavy atom. The Morgan fingerprint density at radius 3 is 2.67 bits per heavy atom. The number of methoxy groups -OCH3 is 1. The van der Waals surface area contributed by atoms with Crippen molar-refractivity contribution >= 4 is 17.9 Å². The highest BCUT2D eigenvalue weighted by molar-refractivity contribution is 5.94. The van der Waals surface area contributed by atoms with Crippen molar-refractivity contribution in [3.05, 3.63) is 42.0 Å². The molecule has 21 heavy (non-hydrogen) atoms. The number of benzene rings is 1. The van der Waals surface area contributed by atoms with Gasteiger partial charge in [-0.25, -0.2) is 0 Å². The van der Waals surface area contributed by atoms with Crippen LogP contribution in [-0.2, 0) is 14.3 Å². The summed E-state index contributed by atoms with van der Waals surface area (Å²) in [5.74, 6) is -0.374. The van der Waals surface area contributed by atoms with E-state index in [0.29, 0.717) is 13.2 Å². The molecule has 0 aromatic heterocycles. The largest absolute Gasteiger partial charge is 0.385 e. The van der Waals surface area contributed by atoms with Gasteiger partial charge in [-0.1, -0.05) is 30.3 Å². The lowest BCUT2D eigenvalue weighted by molar-refractivity contribution is -0.131. The van der Waals surface area contributed by atoms with Gasteiger partial charge in [0.05, 0.1) is 6.54 Å². The fraction of sp³-hybridized carbons (Fsp3) is 0.375. The molecular weight excluding hydrogens is 268 g/mol. The molecule has 5 nitrogen and oxygen atoms in total. The number of likely N-dealkylation sites (N-methyl/N-ethyl adjacent to an activating group) is 1. The lowest BCUT2D eigenvalue weighted by Gasteiger charge is -2.14. The van der Waals surface area contributed by atoms with Gasteiger partial charge < -0.3 is 15.0 Å². The van der Waals surface area contributed by atoms with Crippen molar-refractivity contribution in [2.75, 3.05) is 33.9 Å². The third kappa shape index (κ3) is 7.27. The van der Waals surface area contributed by atoms with Crippen LogP contribution in [0.25, 0.3) is 6.08 Å². The minimum Gasteiger partial charge on any atom is -0.385 e. The SMILES string of the molecule is COCCCNC(=O)CN(C)C(=O)/C=C/c1ccccc1. The number of hydrogen-bond donors (Lipinski definition) is 1. The van der Waals surface area contributed by atoms with Gasteiger partial charge in [-0.05, 0) is 18.1 Å². The van der Waals surface area contributed by atoms with Crippen LogP contribution in [0.3, 0.4) is 0 Å². The summed E-state index contributed by atoms with van der Waals surface area (Å²) in [4.78, 5) is 24.9. The molecule has 1 N–H and O–H groups in total. The Hall–Kier alpha value is -2.14. The fourth-order valence-corrected chi connectivity index (χ4v) is 1.65. The summed E-state index contributed by atoms with van der Waals surface area (Å²) in [6.45, 7) is 1.20. The molecule has 0 spiro atoms. The summed E-state index contributed by atoms with van der Waals surface area (Å²) < 4.78 is 4.89. The summed E-state index contributed by atoms with van der Waals surface area (Å²) in [6.07, 6.45) is 3.96. The molecule has 2 amide bonds. The zero-order chi connectivity index (χ0) is 15.5. The predicted octanol–water partition coefficient (Wildman–Crippen LogP) is 1.31. The summed E-state index contributed by atoms with van der Waals surface area (Å²) in [6, 6.07) is 9.54. The first-order valence-electron chi connectivity index (χ1n) is 6.87. The molecular formula is C16H22N2O3. The molecule has 0 bridgehead atoms. The van der Waals surface area contributed by atoms with Crippen LogP contribution in [0.5, 0.6) is 0 Å². The van der Waals surface area contributed by atoms with Crippen molar-refractivity contribution in [1.29, 1.82) is 0 Å². The molecule has 1 aromatic rings. The fourth-order valence-electron chi connectivity index (χ4n) is 1.65. The van der Waals surface area contributed by atoms with E-state index in [1.165, 1.54) is 11.0 Å². The van der Waals surface area contributed by atoms with Gasteiger partial charge >= 0.3 is 0 Å². The van der Waals surface area contributed by atoms with E-state index in [-0.39, 0.29) is 18.4 Å². The Labute approximate surface area is 125 Å². The van der Waals surface area contributed by atoms with Crippen LogP contribution in [-0.4, -0.2) is 50.6 Å². The molecule has 0 radical (unpaired) electrons. The highest BCUT2D eigenvalue weighted by Crippen LogP contribution is 2.01. The molecule has 0 aliphatic heterocycles. The van der Waals surface area contributed by atoms with E-state index in [1.807, 2.05) is 30.3 Å². The average Bonchev–Trinajstić information content (AvgIpc) is 2.50. The van der Waals surface area contributed by atoms with Gasteiger partial charge in [-0.15, -0.1) is 0 Å². The van der Waals surface area contributed by atoms with Crippen LogP contribution in [0, 0.1) is 0 Å². The maximum absolute atomic E-state index is 11.9. The molecule has 5 heteroatoms. The summed E-state index contributed by atoms with van der Waals surface area (Å²) >= 11 is 0. The minimum atomic E-state index is -0.203. The lowest BCUT2D eigenvalue weighted by atomic mass is 10.2. The zero-order valence-electron chi connectivity index (χ0n) is 12.5. The first-order chi connectivity index (χ1) is 10.1. The number of nitrogens with one attached hydrogen (secondary N) is 1. The smallest absolute Gasteiger partial charge is 0.246 e. The van der Waals surface area contributed by atoms with E-state index < -0.39 is 0 Å². The van der Waals surface area contributed by atoms with Crippen LogP contribution in [0.1, 0.15) is 12.0 Å². The van der Waals surface area contributed by atoms with Crippen molar-refractivity contribution in [1.82, 2.24) is 10.2 Å². The van der Waals surface area contributed by atoms with Crippen molar-refractivity contribution in [2.45, 2.75) is 6.42 Å². The predicted molar refractivity (Wildman–Crippen MR) is 82.6 cm³/mol. The number of carbonyl (C=O) groups excluding carboxylic acids is 2. The number of hydrogen-bond acceptors (Lipinski definition) is 3. The Morgan fingerprint density at radius 1 is 1.29 bits per heavy atom. The molecule has 0 saturated carbocycles. The van der Waals surface area contributed by atoms with Crippen LogP contribution in [0.4, 0.5) is 0 Å². The highest BCUT2D eigenvalue weighted by atomic mass is 16.5. The molecule has 0 saturated heterocycles. The van der Waals surface area contributed by atoms with Crippen LogP contribution in [0.15, 0.2) is 36.4 Å². The maximum atomic E-state index is 11.9. The first-order valence-corrected chi connectivity index (χ1v) is 6.87. The maximum Gasteiger partial charge on any atom is 0.246 e. The summed E-state index contributed by atoms with van der Waals surface area (Å²) in [5, 5.41) is 2.74. The number of nitrogens with zero attached hydrogens (tertiary/aromatic N) is 1. The van der Waals surface area contributed by atoms with Gasteiger partial charge in [0.1, 0.15) is 0 Å². The topological polar surface area (TPSA) is 58.6 Å². The number of rotatable bonds is 8. The van der Waals surface area contributed by atoms with E-state index >= 15 is 0 Å². The Balaban J connectivity index is 2.33. The second kappa shape index (κ2) is 9.72. The normalized spacial score (nSPS) is 10.6. The summed E-state index contributed by atoms with van der Waals surface area (Å²) in [7, 11) is 3.22. The van der Waals surface area contributed by atoms with Gasteiger partial charge in [0.25, 0.3) is 0 Å². The van der Waals surface area contributed by atoms with Gasteiger partial charge in [0.2, 0.25) is 11.8 Å². The standard InChI is InChI=1S/C16H22N2O3/c1-18(13-15(19)17-11-6-12-21-2)16(20)10-9-14-7-4-3-5-8-14/h3-5,7-10H,6,11-13H2,1-2H3,(H,17,19)/b10-9+. The molecule has 0 heterocycles. The molecule has 0 aliphatic rings. The lowest BCUT2D eigenvalue weighted by Crippen LogP contribution is -2.38. The van der Waals surface area contributed by atoms with Gasteiger partial charge in [-0.2, -0.15) is 0 Å². The van der Waals surface area contributed by atoms with Gasteiger partial charge in [-0.3, -0.25) is 9.59 Å². The third-order valence-corrected chi connectivity index (χ3v) is 2.82. The molecule has 114 valence electrons. The van der Waals surface area contributed by atoms with E-state index in [1.54, 1.807) is 20.2 Å². The van der Waals surface area contributed by atoms with Crippen molar-refractivity contribution in [2.24, 2.45) is 0 Å². The number of carbonyl (C=O) groups is 2. The van der Waals surface area contributed by atoms with E-state index in [9.17, 15) is 9.59 Å². The van der Waals surface area contributed by atoms with Crippen LogP contribution in [0.2, 0.25) is 0 Å². The van der Waals surface area contributed by atoms with E-state index in [2.05, 4.69) is 5.32 Å². The first kappa shape index (κ1) is 16.9. The zero-order valence-corrected chi connectivity index (χ0v) is 12.5. The molecule has 1 rings (SSSR count). The van der Waals surface area contributed by atoms with Crippen molar-refractivity contribution < 1.29 is 14.3 Å². The number of amides is 2. The van der Waals surface area contributed by atoms with Crippen LogP contribution >= 0.6 is 0 Å². The molecule has 1 aromatic carbocycles. The average molecular weight is 290 g/mol. The third-order valence-electron chi connectivity index (χ3n) is 2.82. The molecule has 0 fully saturated rings. The van der Waals surface area contributed by atoms with Gasteiger partial charge in [0, 0.05) is 33.4 Å². The second-order valence-corrected chi connectivity index (χ2v) is 4.63. The number of ether oxygens (including phenoxy) is 1. The minimum absolute atomic E-state index is 0.0466. The molecule has 0 aliphatic carbocycles. The van der Waals surface area contributed by atoms with Crippen molar-refractivity contribution in [3.8, 4) is 0 Å². The second-order valence-electron chi connectivity index (χ2n) is 4.63. The summed E-state index contributed by atoms with van der Waals surface area (Å²) in [5.41, 5.74) is 0.947. The van der Waals surface area contributed by atoms with E-state index in [0.717, 1.165) is 12.0 Å². The van der Waals surface area contributed by atoms with Crippen LogP contribution < -0.4 is 5.32 Å².